The fourth-order valence-electron chi connectivity index (χ4n) is 2.77. The predicted molar refractivity (Wildman–Crippen MR) is 101 cm³/mol. The smallest absolute Gasteiger partial charge is 0.330 e. The number of hydrogen-bond acceptors (Lipinski definition) is 7. The van der Waals surface area contributed by atoms with Gasteiger partial charge >= 0.3 is 7.60 Å². The molecular weight excluding hydrogens is 362 g/mol. The Hall–Kier alpha value is -0.0500. The predicted octanol–water partition coefficient (Wildman–Crippen LogP) is 4.67. The standard InChI is InChI=1S/C16H34N2O5P2/c1-15(2)18(24(19)23-13-10-12-17)16(3,4)11-8-7-9-14-25(20,21-5)22-6/h15,19H,7-11,13-14H2,1-6H3. The molecule has 0 saturated heterocycles. The van der Waals surface area contributed by atoms with Crippen molar-refractivity contribution in [3.8, 4) is 6.07 Å². The first kappa shape index (κ1) is 24.9. The monoisotopic (exact) mass is 396 g/mol. The zero-order chi connectivity index (χ0) is 19.5. The van der Waals surface area contributed by atoms with Crippen molar-refractivity contribution < 1.29 is 23.0 Å². The molecule has 1 atom stereocenters. The van der Waals surface area contributed by atoms with Gasteiger partial charge in [0.05, 0.1) is 25.3 Å². The Kier molecular flexibility index (Phi) is 12.3. The summed E-state index contributed by atoms with van der Waals surface area (Å²) in [5, 5.41) is 8.59. The molecule has 0 aliphatic carbocycles. The van der Waals surface area contributed by atoms with Crippen molar-refractivity contribution in [3.05, 3.63) is 0 Å². The van der Waals surface area contributed by atoms with Crippen LogP contribution in [0.15, 0.2) is 0 Å². The summed E-state index contributed by atoms with van der Waals surface area (Å²) in [4.78, 5) is 10.4. The summed E-state index contributed by atoms with van der Waals surface area (Å²) in [6, 6.07) is 2.13. The van der Waals surface area contributed by atoms with Crippen LogP contribution in [0.5, 0.6) is 0 Å². The Morgan fingerprint density at radius 3 is 2.32 bits per heavy atom. The van der Waals surface area contributed by atoms with Gasteiger partial charge in [-0.25, -0.2) is 4.67 Å². The van der Waals surface area contributed by atoms with Gasteiger partial charge in [0.25, 0.3) is 8.53 Å². The van der Waals surface area contributed by atoms with Crippen LogP contribution in [0.2, 0.25) is 0 Å². The molecule has 0 aliphatic heterocycles. The molecule has 0 bridgehead atoms. The van der Waals surface area contributed by atoms with Gasteiger partial charge in [0.15, 0.2) is 0 Å². The molecule has 0 rings (SSSR count). The molecule has 0 aromatic rings. The minimum Gasteiger partial charge on any atom is -0.338 e. The van der Waals surface area contributed by atoms with E-state index in [4.69, 9.17) is 18.8 Å². The molecule has 1 unspecified atom stereocenters. The van der Waals surface area contributed by atoms with Crippen LogP contribution in [-0.4, -0.2) is 48.1 Å². The second-order valence-corrected chi connectivity index (χ2v) is 10.3. The lowest BCUT2D eigenvalue weighted by molar-refractivity contribution is 0.135. The first-order valence-electron chi connectivity index (χ1n) is 8.62. The highest BCUT2D eigenvalue weighted by Crippen LogP contribution is 2.48. The first-order chi connectivity index (χ1) is 11.6. The summed E-state index contributed by atoms with van der Waals surface area (Å²) in [5.74, 6) is 0. The number of nitrogens with zero attached hydrogens (tertiary/aromatic N) is 2. The molecule has 25 heavy (non-hydrogen) atoms. The van der Waals surface area contributed by atoms with E-state index in [1.54, 1.807) is 0 Å². The zero-order valence-electron chi connectivity index (χ0n) is 16.4. The van der Waals surface area contributed by atoms with E-state index in [0.29, 0.717) is 6.16 Å². The number of rotatable bonds is 14. The summed E-state index contributed by atoms with van der Waals surface area (Å²) in [5.41, 5.74) is -0.243. The first-order valence-corrected chi connectivity index (χ1v) is 11.5. The van der Waals surface area contributed by atoms with Crippen LogP contribution in [0.3, 0.4) is 0 Å². The summed E-state index contributed by atoms with van der Waals surface area (Å²) in [6.07, 6.45) is 4.17. The number of nitriles is 1. The molecule has 0 aromatic heterocycles. The molecule has 7 nitrogen and oxygen atoms in total. The van der Waals surface area contributed by atoms with Gasteiger partial charge in [-0.2, -0.15) is 5.26 Å². The van der Waals surface area contributed by atoms with Gasteiger partial charge in [-0.3, -0.25) is 4.57 Å². The number of unbranched alkanes of at least 4 members (excludes halogenated alkanes) is 2. The maximum Gasteiger partial charge on any atom is 0.330 e. The topological polar surface area (TPSA) is 92.0 Å². The van der Waals surface area contributed by atoms with Gasteiger partial charge in [-0.05, 0) is 40.5 Å². The fourth-order valence-corrected chi connectivity index (χ4v) is 5.24. The Morgan fingerprint density at radius 2 is 1.84 bits per heavy atom. The van der Waals surface area contributed by atoms with Crippen molar-refractivity contribution >= 4 is 16.1 Å². The van der Waals surface area contributed by atoms with Crippen molar-refractivity contribution in [2.75, 3.05) is 27.0 Å². The largest absolute Gasteiger partial charge is 0.338 e. The SMILES string of the molecule is COP(=O)(CCCCCC(C)(C)N(C(C)C)P(O)OCCC#N)OC. The third-order valence-corrected chi connectivity index (χ3v) is 7.75. The summed E-state index contributed by atoms with van der Waals surface area (Å²) in [6.45, 7) is 8.45. The molecule has 0 aromatic carbocycles. The maximum absolute atomic E-state index is 12.0. The van der Waals surface area contributed by atoms with Gasteiger partial charge in [0.1, 0.15) is 0 Å². The van der Waals surface area contributed by atoms with E-state index in [-0.39, 0.29) is 24.6 Å². The van der Waals surface area contributed by atoms with Crippen LogP contribution in [-0.2, 0) is 18.1 Å². The summed E-state index contributed by atoms with van der Waals surface area (Å²) < 4.78 is 29.3. The molecule has 0 aliphatic rings. The molecular formula is C16H34N2O5P2. The van der Waals surface area contributed by atoms with E-state index in [1.807, 2.05) is 24.6 Å². The number of hydrogen-bond donors (Lipinski definition) is 1. The molecule has 148 valence electrons. The Balaban J connectivity index is 4.49. The van der Waals surface area contributed by atoms with Crippen molar-refractivity contribution in [3.63, 3.8) is 0 Å². The Morgan fingerprint density at radius 1 is 1.24 bits per heavy atom. The molecule has 9 heteroatoms. The van der Waals surface area contributed by atoms with Crippen molar-refractivity contribution in [2.24, 2.45) is 0 Å². The lowest BCUT2D eigenvalue weighted by Gasteiger charge is -2.42. The maximum atomic E-state index is 12.0. The Bertz CT molecular complexity index is 446. The molecule has 0 heterocycles. The molecule has 0 radical (unpaired) electrons. The van der Waals surface area contributed by atoms with E-state index in [9.17, 15) is 9.46 Å². The molecule has 0 saturated carbocycles. The van der Waals surface area contributed by atoms with Crippen LogP contribution in [0.25, 0.3) is 0 Å². The van der Waals surface area contributed by atoms with Gasteiger partial charge < -0.3 is 18.5 Å². The van der Waals surface area contributed by atoms with E-state index in [0.717, 1.165) is 25.7 Å². The van der Waals surface area contributed by atoms with Crippen LogP contribution in [0.1, 0.15) is 59.8 Å². The van der Waals surface area contributed by atoms with Crippen LogP contribution >= 0.6 is 16.1 Å². The fraction of sp³-hybridized carbons (Fsp3) is 0.938. The second kappa shape index (κ2) is 12.4. The summed E-state index contributed by atoms with van der Waals surface area (Å²) in [7, 11) is -1.84. The Labute approximate surface area is 154 Å². The lowest BCUT2D eigenvalue weighted by atomic mass is 9.96. The third-order valence-electron chi connectivity index (χ3n) is 3.99. The van der Waals surface area contributed by atoms with Crippen LogP contribution in [0, 0.1) is 11.3 Å². The lowest BCUT2D eigenvalue weighted by Crippen LogP contribution is -2.44. The van der Waals surface area contributed by atoms with E-state index in [1.165, 1.54) is 14.2 Å². The minimum atomic E-state index is -2.92. The molecule has 0 fully saturated rings. The highest BCUT2D eigenvalue weighted by Gasteiger charge is 2.35. The normalized spacial score (nSPS) is 14.1. The van der Waals surface area contributed by atoms with Crippen molar-refractivity contribution in [1.82, 2.24) is 4.67 Å². The van der Waals surface area contributed by atoms with Crippen molar-refractivity contribution in [1.29, 1.82) is 5.26 Å². The third kappa shape index (κ3) is 9.45. The van der Waals surface area contributed by atoms with Gasteiger partial charge in [0, 0.05) is 25.8 Å². The van der Waals surface area contributed by atoms with E-state index >= 15 is 0 Å². The van der Waals surface area contributed by atoms with Gasteiger partial charge in [-0.1, -0.05) is 12.8 Å². The highest BCUT2D eigenvalue weighted by molar-refractivity contribution is 7.53. The van der Waals surface area contributed by atoms with E-state index in [2.05, 4.69) is 13.8 Å². The highest BCUT2D eigenvalue weighted by atomic mass is 31.2. The van der Waals surface area contributed by atoms with Crippen LogP contribution in [0.4, 0.5) is 0 Å². The average Bonchev–Trinajstić information content (AvgIpc) is 2.53. The summed E-state index contributed by atoms with van der Waals surface area (Å²) >= 11 is 0. The molecule has 1 N–H and O–H groups in total. The zero-order valence-corrected chi connectivity index (χ0v) is 18.2. The quantitative estimate of drug-likeness (QED) is 0.337. The van der Waals surface area contributed by atoms with Crippen LogP contribution < -0.4 is 0 Å². The average molecular weight is 396 g/mol. The minimum absolute atomic E-state index is 0.121. The van der Waals surface area contributed by atoms with Gasteiger partial charge in [-0.15, -0.1) is 0 Å². The van der Waals surface area contributed by atoms with Gasteiger partial charge in [0.2, 0.25) is 0 Å². The molecule has 0 spiro atoms. The van der Waals surface area contributed by atoms with Crippen molar-refractivity contribution in [2.45, 2.75) is 71.4 Å². The second-order valence-electron chi connectivity index (χ2n) is 6.76. The molecule has 0 amide bonds. The van der Waals surface area contributed by atoms with E-state index < -0.39 is 16.1 Å².